The van der Waals surface area contributed by atoms with Gasteiger partial charge in [0.15, 0.2) is 17.3 Å². The molecule has 0 bridgehead atoms. The third-order valence-electron chi connectivity index (χ3n) is 5.53. The van der Waals surface area contributed by atoms with Crippen LogP contribution in [0.25, 0.3) is 0 Å². The van der Waals surface area contributed by atoms with E-state index in [1.54, 1.807) is 19.2 Å². The highest BCUT2D eigenvalue weighted by Crippen LogP contribution is 2.27. The second-order valence-electron chi connectivity index (χ2n) is 7.58. The SMILES string of the molecule is CCOc1ccccc1OCCCC(=O)N1CCC(C(=O)c2ccc(OC)cc2)CC1. The number of methoxy groups -OCH3 is 1. The molecule has 1 amide bonds. The molecule has 1 aliphatic rings. The molecule has 0 spiro atoms. The minimum absolute atomic E-state index is 0.0316. The average molecular weight is 426 g/mol. The highest BCUT2D eigenvalue weighted by molar-refractivity contribution is 5.98. The van der Waals surface area contributed by atoms with Crippen LogP contribution < -0.4 is 14.2 Å². The van der Waals surface area contributed by atoms with Crippen molar-refractivity contribution in [3.63, 3.8) is 0 Å². The van der Waals surface area contributed by atoms with Gasteiger partial charge in [0.1, 0.15) is 5.75 Å². The molecule has 0 aromatic heterocycles. The Hall–Kier alpha value is -3.02. The molecule has 0 aliphatic carbocycles. The molecule has 3 rings (SSSR count). The van der Waals surface area contributed by atoms with Crippen molar-refractivity contribution in [3.8, 4) is 17.2 Å². The number of amides is 1. The Morgan fingerprint density at radius 1 is 0.968 bits per heavy atom. The van der Waals surface area contributed by atoms with E-state index in [0.29, 0.717) is 63.3 Å². The van der Waals surface area contributed by atoms with Crippen LogP contribution in [0.2, 0.25) is 0 Å². The van der Waals surface area contributed by atoms with Crippen LogP contribution in [0.1, 0.15) is 43.0 Å². The standard InChI is InChI=1S/C25H31NO5/c1-3-30-22-7-4-5-8-23(22)31-18-6-9-24(27)26-16-14-20(15-17-26)25(28)19-10-12-21(29-2)13-11-19/h4-5,7-8,10-13,20H,3,6,9,14-18H2,1-2H3. The van der Waals surface area contributed by atoms with Crippen LogP contribution >= 0.6 is 0 Å². The Kier molecular flexibility index (Phi) is 8.33. The van der Waals surface area contributed by atoms with Gasteiger partial charge in [0, 0.05) is 31.0 Å². The first-order valence-corrected chi connectivity index (χ1v) is 10.9. The van der Waals surface area contributed by atoms with E-state index in [1.165, 1.54) is 0 Å². The number of ether oxygens (including phenoxy) is 3. The van der Waals surface area contributed by atoms with Crippen molar-refractivity contribution < 1.29 is 23.8 Å². The second kappa shape index (κ2) is 11.4. The molecule has 1 saturated heterocycles. The Labute approximate surface area is 184 Å². The molecule has 1 fully saturated rings. The average Bonchev–Trinajstić information content (AvgIpc) is 2.82. The molecule has 0 N–H and O–H groups in total. The van der Waals surface area contributed by atoms with Crippen LogP contribution in [-0.4, -0.2) is 50.0 Å². The Balaban J connectivity index is 1.39. The van der Waals surface area contributed by atoms with Crippen LogP contribution in [0.15, 0.2) is 48.5 Å². The van der Waals surface area contributed by atoms with Crippen LogP contribution in [0.4, 0.5) is 0 Å². The number of Topliss-reactive ketones (excluding diaryl/α,β-unsaturated/α-hetero) is 1. The van der Waals surface area contributed by atoms with Crippen molar-refractivity contribution in [2.75, 3.05) is 33.4 Å². The van der Waals surface area contributed by atoms with E-state index >= 15 is 0 Å². The number of hydrogen-bond acceptors (Lipinski definition) is 5. The zero-order valence-electron chi connectivity index (χ0n) is 18.3. The van der Waals surface area contributed by atoms with Gasteiger partial charge >= 0.3 is 0 Å². The lowest BCUT2D eigenvalue weighted by Crippen LogP contribution is -2.40. The number of likely N-dealkylation sites (tertiary alicyclic amines) is 1. The van der Waals surface area contributed by atoms with Gasteiger partial charge in [-0.2, -0.15) is 0 Å². The molecule has 31 heavy (non-hydrogen) atoms. The first-order chi connectivity index (χ1) is 15.1. The molecule has 6 nitrogen and oxygen atoms in total. The fourth-order valence-electron chi connectivity index (χ4n) is 3.79. The molecule has 166 valence electrons. The maximum Gasteiger partial charge on any atom is 0.222 e. The predicted molar refractivity (Wildman–Crippen MR) is 119 cm³/mol. The summed E-state index contributed by atoms with van der Waals surface area (Å²) in [6, 6.07) is 14.8. The van der Waals surface area contributed by atoms with Crippen LogP contribution in [-0.2, 0) is 4.79 Å². The van der Waals surface area contributed by atoms with Gasteiger partial charge in [0.2, 0.25) is 5.91 Å². The third-order valence-corrected chi connectivity index (χ3v) is 5.53. The maximum atomic E-state index is 12.7. The van der Waals surface area contributed by atoms with E-state index in [4.69, 9.17) is 14.2 Å². The molecule has 2 aromatic rings. The molecule has 0 radical (unpaired) electrons. The summed E-state index contributed by atoms with van der Waals surface area (Å²) >= 11 is 0. The van der Waals surface area contributed by atoms with E-state index in [2.05, 4.69) is 0 Å². The zero-order chi connectivity index (χ0) is 22.1. The molecule has 2 aromatic carbocycles. The highest BCUT2D eigenvalue weighted by Gasteiger charge is 2.27. The lowest BCUT2D eigenvalue weighted by molar-refractivity contribution is -0.132. The Morgan fingerprint density at radius 2 is 1.61 bits per heavy atom. The van der Waals surface area contributed by atoms with Crippen LogP contribution in [0.5, 0.6) is 17.2 Å². The Bertz CT molecular complexity index is 856. The van der Waals surface area contributed by atoms with Gasteiger partial charge in [0.25, 0.3) is 0 Å². The van der Waals surface area contributed by atoms with Crippen LogP contribution in [0.3, 0.4) is 0 Å². The summed E-state index contributed by atoms with van der Waals surface area (Å²) in [4.78, 5) is 27.1. The fourth-order valence-corrected chi connectivity index (χ4v) is 3.79. The minimum atomic E-state index is -0.0316. The summed E-state index contributed by atoms with van der Waals surface area (Å²) in [7, 11) is 1.61. The number of carbonyl (C=O) groups is 2. The van der Waals surface area contributed by atoms with E-state index in [0.717, 1.165) is 11.5 Å². The molecule has 6 heteroatoms. The van der Waals surface area contributed by atoms with Crippen molar-refractivity contribution in [1.82, 2.24) is 4.90 Å². The summed E-state index contributed by atoms with van der Waals surface area (Å²) in [5.74, 6) is 2.40. The molecular formula is C25H31NO5. The Morgan fingerprint density at radius 3 is 2.23 bits per heavy atom. The van der Waals surface area contributed by atoms with E-state index in [-0.39, 0.29) is 17.6 Å². The molecule has 1 aliphatic heterocycles. The van der Waals surface area contributed by atoms with Crippen molar-refractivity contribution in [1.29, 1.82) is 0 Å². The number of para-hydroxylation sites is 2. The van der Waals surface area contributed by atoms with Crippen LogP contribution in [0, 0.1) is 5.92 Å². The maximum absolute atomic E-state index is 12.7. The smallest absolute Gasteiger partial charge is 0.222 e. The largest absolute Gasteiger partial charge is 0.497 e. The lowest BCUT2D eigenvalue weighted by atomic mass is 9.88. The number of rotatable bonds is 10. The van der Waals surface area contributed by atoms with Crippen molar-refractivity contribution in [2.24, 2.45) is 5.92 Å². The monoisotopic (exact) mass is 425 g/mol. The van der Waals surface area contributed by atoms with E-state index in [1.807, 2.05) is 48.2 Å². The number of ketones is 1. The van der Waals surface area contributed by atoms with Crippen molar-refractivity contribution >= 4 is 11.7 Å². The summed E-state index contributed by atoms with van der Waals surface area (Å²) in [6.45, 7) is 4.22. The molecule has 1 heterocycles. The number of benzene rings is 2. The first-order valence-electron chi connectivity index (χ1n) is 10.9. The summed E-state index contributed by atoms with van der Waals surface area (Å²) in [6.07, 6.45) is 2.49. The fraction of sp³-hybridized carbons (Fsp3) is 0.440. The number of piperidine rings is 1. The summed E-state index contributed by atoms with van der Waals surface area (Å²) < 4.78 is 16.5. The van der Waals surface area contributed by atoms with Gasteiger partial charge < -0.3 is 19.1 Å². The van der Waals surface area contributed by atoms with Gasteiger partial charge in [-0.3, -0.25) is 9.59 Å². The summed E-state index contributed by atoms with van der Waals surface area (Å²) in [5.41, 5.74) is 0.704. The lowest BCUT2D eigenvalue weighted by Gasteiger charge is -2.31. The van der Waals surface area contributed by atoms with E-state index < -0.39 is 0 Å². The molecule has 0 unspecified atom stereocenters. The topological polar surface area (TPSA) is 65.1 Å². The highest BCUT2D eigenvalue weighted by atomic mass is 16.5. The number of carbonyl (C=O) groups excluding carboxylic acids is 2. The quantitative estimate of drug-likeness (QED) is 0.418. The van der Waals surface area contributed by atoms with Crippen molar-refractivity contribution in [3.05, 3.63) is 54.1 Å². The number of hydrogen-bond donors (Lipinski definition) is 0. The molecule has 0 saturated carbocycles. The van der Waals surface area contributed by atoms with E-state index in [9.17, 15) is 9.59 Å². The normalized spacial score (nSPS) is 14.2. The molecular weight excluding hydrogens is 394 g/mol. The predicted octanol–water partition coefficient (Wildman–Crippen LogP) is 4.37. The number of nitrogens with zero attached hydrogens (tertiary/aromatic N) is 1. The third kappa shape index (κ3) is 6.23. The minimum Gasteiger partial charge on any atom is -0.497 e. The first kappa shape index (κ1) is 22.7. The van der Waals surface area contributed by atoms with Crippen molar-refractivity contribution in [2.45, 2.75) is 32.6 Å². The van der Waals surface area contributed by atoms with Gasteiger partial charge in [-0.25, -0.2) is 0 Å². The zero-order valence-corrected chi connectivity index (χ0v) is 18.3. The second-order valence-corrected chi connectivity index (χ2v) is 7.58. The molecule has 0 atom stereocenters. The van der Waals surface area contributed by atoms with Gasteiger partial charge in [-0.1, -0.05) is 12.1 Å². The van der Waals surface area contributed by atoms with Gasteiger partial charge in [-0.15, -0.1) is 0 Å². The summed E-state index contributed by atoms with van der Waals surface area (Å²) in [5, 5.41) is 0. The van der Waals surface area contributed by atoms with Gasteiger partial charge in [-0.05, 0) is 62.6 Å². The van der Waals surface area contributed by atoms with Gasteiger partial charge in [0.05, 0.1) is 20.3 Å².